The van der Waals surface area contributed by atoms with Gasteiger partial charge in [0.2, 0.25) is 0 Å². The first-order valence-electron chi connectivity index (χ1n) is 7.15. The average Bonchev–Trinajstić information content (AvgIpc) is 2.44. The molecule has 1 aliphatic rings. The van der Waals surface area contributed by atoms with E-state index in [4.69, 9.17) is 0 Å². The van der Waals surface area contributed by atoms with Gasteiger partial charge in [0, 0.05) is 10.5 Å². The molecule has 5 heteroatoms. The molecule has 1 amide bonds. The summed E-state index contributed by atoms with van der Waals surface area (Å²) in [5, 5.41) is 12.4. The minimum absolute atomic E-state index is 0.218. The Balaban J connectivity index is 2.21. The van der Waals surface area contributed by atoms with Gasteiger partial charge in [-0.25, -0.2) is 0 Å². The summed E-state index contributed by atoms with van der Waals surface area (Å²) in [6.07, 6.45) is 3.15. The van der Waals surface area contributed by atoms with E-state index in [0.29, 0.717) is 18.4 Å². The van der Waals surface area contributed by atoms with Crippen molar-refractivity contribution in [3.8, 4) is 0 Å². The van der Waals surface area contributed by atoms with Crippen LogP contribution < -0.4 is 5.32 Å². The second-order valence-electron chi connectivity index (χ2n) is 5.93. The van der Waals surface area contributed by atoms with Crippen LogP contribution in [0, 0.1) is 12.3 Å². The minimum Gasteiger partial charge on any atom is -0.481 e. The maximum atomic E-state index is 12.5. The highest BCUT2D eigenvalue weighted by Gasteiger charge is 2.44. The van der Waals surface area contributed by atoms with E-state index in [-0.39, 0.29) is 11.9 Å². The topological polar surface area (TPSA) is 66.4 Å². The number of benzene rings is 1. The van der Waals surface area contributed by atoms with Gasteiger partial charge in [-0.05, 0) is 54.2 Å². The van der Waals surface area contributed by atoms with Crippen molar-refractivity contribution in [2.75, 3.05) is 0 Å². The third-order valence-electron chi connectivity index (χ3n) is 4.44. The molecule has 0 aromatic heterocycles. The van der Waals surface area contributed by atoms with Crippen molar-refractivity contribution in [3.05, 3.63) is 33.8 Å². The SMILES string of the molecule is Cc1cccc(C(=O)NC2CCCCC2(C)C(=O)O)c1Br. The fourth-order valence-corrected chi connectivity index (χ4v) is 3.32. The molecule has 21 heavy (non-hydrogen) atoms. The van der Waals surface area contributed by atoms with Crippen molar-refractivity contribution in [1.82, 2.24) is 5.32 Å². The number of hydrogen-bond acceptors (Lipinski definition) is 2. The Morgan fingerprint density at radius 1 is 1.38 bits per heavy atom. The van der Waals surface area contributed by atoms with Crippen LogP contribution in [0.4, 0.5) is 0 Å². The monoisotopic (exact) mass is 353 g/mol. The van der Waals surface area contributed by atoms with E-state index >= 15 is 0 Å². The van der Waals surface area contributed by atoms with E-state index in [9.17, 15) is 14.7 Å². The molecule has 0 bridgehead atoms. The van der Waals surface area contributed by atoms with E-state index < -0.39 is 11.4 Å². The third-order valence-corrected chi connectivity index (χ3v) is 5.49. The molecular weight excluding hydrogens is 334 g/mol. The summed E-state index contributed by atoms with van der Waals surface area (Å²) in [6, 6.07) is 5.16. The van der Waals surface area contributed by atoms with Gasteiger partial charge in [-0.1, -0.05) is 25.0 Å². The lowest BCUT2D eigenvalue weighted by Crippen LogP contribution is -2.52. The fourth-order valence-electron chi connectivity index (χ4n) is 2.88. The summed E-state index contributed by atoms with van der Waals surface area (Å²) >= 11 is 3.43. The molecule has 2 N–H and O–H groups in total. The summed E-state index contributed by atoms with van der Waals surface area (Å²) in [4.78, 5) is 24.0. The Kier molecular flexibility index (Phi) is 4.71. The van der Waals surface area contributed by atoms with Crippen molar-refractivity contribution >= 4 is 27.8 Å². The van der Waals surface area contributed by atoms with Crippen molar-refractivity contribution in [1.29, 1.82) is 0 Å². The first-order chi connectivity index (χ1) is 9.86. The number of hydrogen-bond donors (Lipinski definition) is 2. The Hall–Kier alpha value is -1.36. The highest BCUT2D eigenvalue weighted by atomic mass is 79.9. The molecule has 1 saturated carbocycles. The maximum absolute atomic E-state index is 12.5. The summed E-state index contributed by atoms with van der Waals surface area (Å²) in [7, 11) is 0. The molecule has 0 radical (unpaired) electrons. The number of nitrogens with one attached hydrogen (secondary N) is 1. The summed E-state index contributed by atoms with van der Waals surface area (Å²) in [6.45, 7) is 3.65. The number of carbonyl (C=O) groups is 2. The zero-order chi connectivity index (χ0) is 15.6. The van der Waals surface area contributed by atoms with E-state index in [0.717, 1.165) is 22.9 Å². The van der Waals surface area contributed by atoms with Crippen molar-refractivity contribution in [2.24, 2.45) is 5.41 Å². The third kappa shape index (κ3) is 3.12. The quantitative estimate of drug-likeness (QED) is 0.873. The Bertz CT molecular complexity index is 573. The lowest BCUT2D eigenvalue weighted by molar-refractivity contribution is -0.151. The largest absolute Gasteiger partial charge is 0.481 e. The lowest BCUT2D eigenvalue weighted by atomic mass is 9.71. The van der Waals surface area contributed by atoms with Crippen LogP contribution in [0.5, 0.6) is 0 Å². The van der Waals surface area contributed by atoms with Crippen LogP contribution in [0.1, 0.15) is 48.5 Å². The van der Waals surface area contributed by atoms with Gasteiger partial charge >= 0.3 is 5.97 Å². The van der Waals surface area contributed by atoms with Gasteiger partial charge in [0.05, 0.1) is 11.0 Å². The number of rotatable bonds is 3. The lowest BCUT2D eigenvalue weighted by Gasteiger charge is -2.38. The average molecular weight is 354 g/mol. The van der Waals surface area contributed by atoms with Crippen LogP contribution in [-0.4, -0.2) is 23.0 Å². The number of carboxylic acid groups (broad SMARTS) is 1. The minimum atomic E-state index is -0.885. The van der Waals surface area contributed by atoms with Crippen LogP contribution in [0.3, 0.4) is 0 Å². The van der Waals surface area contributed by atoms with Crippen molar-refractivity contribution in [3.63, 3.8) is 0 Å². The maximum Gasteiger partial charge on any atom is 0.311 e. The number of carboxylic acids is 1. The van der Waals surface area contributed by atoms with Gasteiger partial charge in [-0.3, -0.25) is 9.59 Å². The predicted molar refractivity (Wildman–Crippen MR) is 84.3 cm³/mol. The molecule has 1 aromatic carbocycles. The van der Waals surface area contributed by atoms with Gasteiger partial charge in [0.1, 0.15) is 0 Å². The number of aryl methyl sites for hydroxylation is 1. The molecule has 1 aliphatic carbocycles. The van der Waals surface area contributed by atoms with Gasteiger partial charge < -0.3 is 10.4 Å². The first kappa shape index (κ1) is 16.0. The molecule has 0 spiro atoms. The van der Waals surface area contributed by atoms with Crippen LogP contribution in [0.2, 0.25) is 0 Å². The van der Waals surface area contributed by atoms with Gasteiger partial charge in [-0.2, -0.15) is 0 Å². The molecule has 4 nitrogen and oxygen atoms in total. The molecule has 1 aromatic rings. The van der Waals surface area contributed by atoms with Gasteiger partial charge in [0.25, 0.3) is 5.91 Å². The highest BCUT2D eigenvalue weighted by molar-refractivity contribution is 9.10. The highest BCUT2D eigenvalue weighted by Crippen LogP contribution is 2.36. The fraction of sp³-hybridized carbons (Fsp3) is 0.500. The summed E-state index contributed by atoms with van der Waals surface area (Å²) in [5.74, 6) is -1.05. The molecule has 2 atom stereocenters. The van der Waals surface area contributed by atoms with Crippen molar-refractivity contribution < 1.29 is 14.7 Å². The standard InChI is InChI=1S/C16H20BrNO3/c1-10-6-5-7-11(13(10)17)14(19)18-12-8-3-4-9-16(12,2)15(20)21/h5-7,12H,3-4,8-9H2,1-2H3,(H,18,19)(H,20,21). The van der Waals surface area contributed by atoms with E-state index in [1.807, 2.05) is 19.1 Å². The summed E-state index contributed by atoms with van der Waals surface area (Å²) < 4.78 is 0.760. The van der Waals surface area contributed by atoms with Crippen LogP contribution in [0.25, 0.3) is 0 Å². The smallest absolute Gasteiger partial charge is 0.311 e. The van der Waals surface area contributed by atoms with Crippen LogP contribution in [-0.2, 0) is 4.79 Å². The van der Waals surface area contributed by atoms with Crippen molar-refractivity contribution in [2.45, 2.75) is 45.6 Å². The molecular formula is C16H20BrNO3. The first-order valence-corrected chi connectivity index (χ1v) is 7.95. The molecule has 2 unspecified atom stereocenters. The van der Waals surface area contributed by atoms with Crippen LogP contribution in [0.15, 0.2) is 22.7 Å². The summed E-state index contributed by atoms with van der Waals surface area (Å²) in [5.41, 5.74) is 0.644. The molecule has 0 heterocycles. The molecule has 114 valence electrons. The normalized spacial score (nSPS) is 25.4. The number of amides is 1. The van der Waals surface area contributed by atoms with E-state index in [1.165, 1.54) is 0 Å². The molecule has 1 fully saturated rings. The zero-order valence-electron chi connectivity index (χ0n) is 12.3. The second-order valence-corrected chi connectivity index (χ2v) is 6.72. The molecule has 0 saturated heterocycles. The number of carbonyl (C=O) groups excluding carboxylic acids is 1. The van der Waals surface area contributed by atoms with Crippen LogP contribution >= 0.6 is 15.9 Å². The zero-order valence-corrected chi connectivity index (χ0v) is 13.9. The second kappa shape index (κ2) is 6.18. The molecule has 2 rings (SSSR count). The Morgan fingerprint density at radius 2 is 2.10 bits per heavy atom. The Labute approximate surface area is 133 Å². The number of aliphatic carboxylic acids is 1. The Morgan fingerprint density at radius 3 is 2.76 bits per heavy atom. The van der Waals surface area contributed by atoms with Gasteiger partial charge in [-0.15, -0.1) is 0 Å². The predicted octanol–water partition coefficient (Wildman–Crippen LogP) is 3.52. The van der Waals surface area contributed by atoms with Gasteiger partial charge in [0.15, 0.2) is 0 Å². The molecule has 0 aliphatic heterocycles. The van der Waals surface area contributed by atoms with E-state index in [1.54, 1.807) is 13.0 Å². The number of halogens is 1. The van der Waals surface area contributed by atoms with E-state index in [2.05, 4.69) is 21.2 Å².